The molecule has 1 heterocycles. The van der Waals surface area contributed by atoms with Crippen molar-refractivity contribution in [2.24, 2.45) is 0 Å². The molecule has 0 aliphatic carbocycles. The van der Waals surface area contributed by atoms with Gasteiger partial charge in [-0.25, -0.2) is 0 Å². The van der Waals surface area contributed by atoms with Crippen molar-refractivity contribution in [1.82, 2.24) is 15.2 Å². The number of ether oxygens (including phenoxy) is 2. The molecule has 1 aromatic heterocycles. The lowest BCUT2D eigenvalue weighted by molar-refractivity contribution is -0.131. The van der Waals surface area contributed by atoms with Crippen molar-refractivity contribution in [3.05, 3.63) is 99.2 Å². The Kier molecular flexibility index (Phi) is 10.7. The molecule has 3 N–H and O–H groups in total. The number of aromatic amines is 1. The molecule has 3 aromatic carbocycles. The fourth-order valence-electron chi connectivity index (χ4n) is 4.15. The van der Waals surface area contributed by atoms with Gasteiger partial charge in [0.15, 0.2) is 0 Å². The van der Waals surface area contributed by atoms with Crippen molar-refractivity contribution in [3.63, 3.8) is 0 Å². The monoisotopic (exact) mass is 549 g/mol. The zero-order valence-corrected chi connectivity index (χ0v) is 22.9. The van der Waals surface area contributed by atoms with Crippen molar-refractivity contribution in [2.75, 3.05) is 39.9 Å². The number of benzene rings is 3. The van der Waals surface area contributed by atoms with E-state index in [0.717, 1.165) is 23.3 Å². The lowest BCUT2D eigenvalue weighted by Gasteiger charge is -2.19. The molecule has 0 saturated heterocycles. The second kappa shape index (κ2) is 14.6. The number of H-pyrrole nitrogens is 1. The molecule has 4 aromatic rings. The molecule has 0 bridgehead atoms. The van der Waals surface area contributed by atoms with Gasteiger partial charge in [-0.15, -0.1) is 0 Å². The Labute approximate surface area is 232 Å². The van der Waals surface area contributed by atoms with Gasteiger partial charge in [-0.05, 0) is 23.6 Å². The van der Waals surface area contributed by atoms with Crippen molar-refractivity contribution >= 4 is 27.5 Å². The summed E-state index contributed by atoms with van der Waals surface area (Å²) >= 11 is 1.06. The number of rotatable bonds is 15. The van der Waals surface area contributed by atoms with E-state index in [1.807, 2.05) is 48.5 Å². The lowest BCUT2D eigenvalue weighted by atomic mass is 10.1. The van der Waals surface area contributed by atoms with Crippen LogP contribution in [0, 0.1) is 0 Å². The van der Waals surface area contributed by atoms with Crippen LogP contribution in [-0.2, 0) is 22.6 Å². The molecule has 0 fully saturated rings. The molecule has 206 valence electrons. The molecule has 4 rings (SSSR count). The van der Waals surface area contributed by atoms with Crippen LogP contribution in [0.15, 0.2) is 77.6 Å². The Morgan fingerprint density at radius 3 is 2.49 bits per heavy atom. The van der Waals surface area contributed by atoms with Crippen molar-refractivity contribution < 1.29 is 19.4 Å². The Morgan fingerprint density at radius 2 is 1.74 bits per heavy atom. The topological polar surface area (TPSA) is 104 Å². The molecule has 0 aliphatic rings. The molecule has 1 atom stereocenters. The fraction of sp³-hybridized carbons (Fsp3) is 0.333. The molecule has 0 unspecified atom stereocenters. The molecule has 0 radical (unpaired) electrons. The summed E-state index contributed by atoms with van der Waals surface area (Å²) in [4.78, 5) is 28.8. The smallest absolute Gasteiger partial charge is 0.305 e. The van der Waals surface area contributed by atoms with E-state index in [0.29, 0.717) is 60.9 Å². The minimum Gasteiger partial charge on any atom is -0.487 e. The third-order valence-corrected chi connectivity index (χ3v) is 7.32. The number of fused-ring (bicyclic) bond motifs is 1. The number of nitrogens with one attached hydrogen (secondary N) is 2. The normalized spacial score (nSPS) is 11.9. The Morgan fingerprint density at radius 1 is 1.03 bits per heavy atom. The van der Waals surface area contributed by atoms with E-state index >= 15 is 0 Å². The van der Waals surface area contributed by atoms with Crippen LogP contribution in [0.4, 0.5) is 0 Å². The van der Waals surface area contributed by atoms with Crippen molar-refractivity contribution in [2.45, 2.75) is 25.6 Å². The minimum atomic E-state index is -0.818. The highest BCUT2D eigenvalue weighted by molar-refractivity contribution is 7.16. The van der Waals surface area contributed by atoms with E-state index in [1.54, 1.807) is 24.1 Å². The average Bonchev–Trinajstić information content (AvgIpc) is 3.36. The summed E-state index contributed by atoms with van der Waals surface area (Å²) in [7, 11) is 1.76. The number of hydrogen-bond acceptors (Lipinski definition) is 7. The van der Waals surface area contributed by atoms with Gasteiger partial charge in [0.05, 0.1) is 30.4 Å². The van der Waals surface area contributed by atoms with E-state index in [-0.39, 0.29) is 17.3 Å². The van der Waals surface area contributed by atoms with Crippen LogP contribution < -0.4 is 14.9 Å². The van der Waals surface area contributed by atoms with E-state index < -0.39 is 6.10 Å². The fourth-order valence-corrected chi connectivity index (χ4v) is 5.07. The first kappa shape index (κ1) is 28.5. The van der Waals surface area contributed by atoms with Gasteiger partial charge in [0.1, 0.15) is 17.9 Å². The molecular weight excluding hydrogens is 514 g/mol. The summed E-state index contributed by atoms with van der Waals surface area (Å²) in [5, 5.41) is 14.0. The Bertz CT molecular complexity index is 1370. The first-order valence-corrected chi connectivity index (χ1v) is 13.9. The minimum absolute atomic E-state index is 0.0157. The van der Waals surface area contributed by atoms with Crippen LogP contribution in [0.2, 0.25) is 0 Å². The molecule has 39 heavy (non-hydrogen) atoms. The summed E-state index contributed by atoms with van der Waals surface area (Å²) in [5.74, 6) is 0.585. The predicted molar refractivity (Wildman–Crippen MR) is 154 cm³/mol. The largest absolute Gasteiger partial charge is 0.487 e. The van der Waals surface area contributed by atoms with Gasteiger partial charge < -0.3 is 29.8 Å². The molecule has 0 saturated carbocycles. The second-order valence-corrected chi connectivity index (χ2v) is 10.3. The zero-order valence-electron chi connectivity index (χ0n) is 22.1. The van der Waals surface area contributed by atoms with Gasteiger partial charge in [-0.3, -0.25) is 9.59 Å². The van der Waals surface area contributed by atoms with Crippen LogP contribution in [0.1, 0.15) is 29.2 Å². The summed E-state index contributed by atoms with van der Waals surface area (Å²) in [6.45, 7) is 2.68. The molecule has 8 nitrogen and oxygen atoms in total. The van der Waals surface area contributed by atoms with Gasteiger partial charge in [0.2, 0.25) is 5.91 Å². The van der Waals surface area contributed by atoms with E-state index in [9.17, 15) is 14.7 Å². The standard InChI is InChI=1S/C30H35N3O5S/c1-33(27(35)15-19-37-18-14-22-8-4-2-5-9-22)17-16-31-20-25(34)24-12-13-26(28-29(24)39-30(36)32-28)38-21-23-10-6-3-7-11-23/h2-13,25,31,34H,14-21H2,1H3,(H,32,36)/t25-/m0/s1. The predicted octanol–water partition coefficient (Wildman–Crippen LogP) is 3.90. The number of carbonyl (C=O) groups excluding carboxylic acids is 1. The maximum Gasteiger partial charge on any atom is 0.305 e. The number of carbonyl (C=O) groups is 1. The quantitative estimate of drug-likeness (QED) is 0.194. The van der Waals surface area contributed by atoms with Crippen LogP contribution in [0.25, 0.3) is 10.2 Å². The molecule has 9 heteroatoms. The first-order valence-electron chi connectivity index (χ1n) is 13.1. The summed E-state index contributed by atoms with van der Waals surface area (Å²) in [5.41, 5.74) is 3.49. The Balaban J connectivity index is 1.19. The SMILES string of the molecule is CN(CCNC[C@H](O)c1ccc(OCc2ccccc2)c2[nH]c(=O)sc12)C(=O)CCOCCc1ccccc1. The van der Waals surface area contributed by atoms with E-state index in [1.165, 1.54) is 5.56 Å². The molecule has 0 spiro atoms. The van der Waals surface area contributed by atoms with Crippen LogP contribution in [0.3, 0.4) is 0 Å². The summed E-state index contributed by atoms with van der Waals surface area (Å²) in [6.07, 6.45) is 0.338. The molecule has 1 amide bonds. The van der Waals surface area contributed by atoms with Crippen LogP contribution >= 0.6 is 11.3 Å². The summed E-state index contributed by atoms with van der Waals surface area (Å²) < 4.78 is 12.3. The Hall–Kier alpha value is -3.50. The van der Waals surface area contributed by atoms with Crippen LogP contribution in [-0.4, -0.2) is 60.8 Å². The van der Waals surface area contributed by atoms with Gasteiger partial charge >= 0.3 is 4.87 Å². The third kappa shape index (κ3) is 8.49. The first-order chi connectivity index (χ1) is 19.0. The maximum absolute atomic E-state index is 12.4. The van der Waals surface area contributed by atoms with Crippen molar-refractivity contribution in [1.29, 1.82) is 0 Å². The zero-order chi connectivity index (χ0) is 27.5. The average molecular weight is 550 g/mol. The lowest BCUT2D eigenvalue weighted by Crippen LogP contribution is -2.35. The van der Waals surface area contributed by atoms with Gasteiger partial charge in [0.25, 0.3) is 0 Å². The molecular formula is C30H35N3O5S. The van der Waals surface area contributed by atoms with Crippen LogP contribution in [0.5, 0.6) is 5.75 Å². The number of thiazole rings is 1. The maximum atomic E-state index is 12.4. The highest BCUT2D eigenvalue weighted by Gasteiger charge is 2.17. The van der Waals surface area contributed by atoms with Gasteiger partial charge in [-0.1, -0.05) is 78.1 Å². The van der Waals surface area contributed by atoms with E-state index in [2.05, 4.69) is 22.4 Å². The number of aromatic nitrogens is 1. The number of aliphatic hydroxyl groups is 1. The third-order valence-electron chi connectivity index (χ3n) is 6.39. The highest BCUT2D eigenvalue weighted by Crippen LogP contribution is 2.32. The summed E-state index contributed by atoms with van der Waals surface area (Å²) in [6, 6.07) is 23.5. The number of hydrogen-bond donors (Lipinski definition) is 3. The second-order valence-electron chi connectivity index (χ2n) is 9.28. The van der Waals surface area contributed by atoms with E-state index in [4.69, 9.17) is 9.47 Å². The number of nitrogens with zero attached hydrogens (tertiary/aromatic N) is 1. The van der Waals surface area contributed by atoms with Gasteiger partial charge in [0, 0.05) is 32.2 Å². The number of amides is 1. The van der Waals surface area contributed by atoms with Crippen molar-refractivity contribution in [3.8, 4) is 5.75 Å². The van der Waals surface area contributed by atoms with Gasteiger partial charge in [-0.2, -0.15) is 0 Å². The highest BCUT2D eigenvalue weighted by atomic mass is 32.1. The molecule has 0 aliphatic heterocycles. The number of likely N-dealkylation sites (N-methyl/N-ethyl adjacent to an activating group) is 1. The number of aliphatic hydroxyl groups excluding tert-OH is 1.